The van der Waals surface area contributed by atoms with Crippen LogP contribution in [0.5, 0.6) is 0 Å². The maximum absolute atomic E-state index is 13.4. The molecule has 1 unspecified atom stereocenters. The van der Waals surface area contributed by atoms with Gasteiger partial charge in [0, 0.05) is 18.1 Å². The van der Waals surface area contributed by atoms with E-state index in [0.29, 0.717) is 19.4 Å². The molecule has 0 aromatic heterocycles. The molecular weight excluding hydrogens is 226 g/mol. The van der Waals surface area contributed by atoms with Gasteiger partial charge < -0.3 is 11.1 Å². The van der Waals surface area contributed by atoms with E-state index in [1.54, 1.807) is 6.92 Å². The van der Waals surface area contributed by atoms with Crippen molar-refractivity contribution in [1.29, 1.82) is 0 Å². The molecule has 0 aliphatic rings. The van der Waals surface area contributed by atoms with Gasteiger partial charge in [0.1, 0.15) is 11.6 Å². The smallest absolute Gasteiger partial charge is 0.220 e. The second-order valence-electron chi connectivity index (χ2n) is 3.85. The minimum Gasteiger partial charge on any atom is -0.349 e. The zero-order valence-corrected chi connectivity index (χ0v) is 9.67. The molecular formula is C12H16F2N2O. The molecule has 0 aliphatic heterocycles. The molecule has 0 fully saturated rings. The number of nitrogens with two attached hydrogens (primary N) is 1. The van der Waals surface area contributed by atoms with Gasteiger partial charge in [0.25, 0.3) is 0 Å². The molecule has 0 aliphatic carbocycles. The molecule has 1 aromatic rings. The molecule has 0 heterocycles. The van der Waals surface area contributed by atoms with Crippen molar-refractivity contribution in [1.82, 2.24) is 5.32 Å². The molecule has 1 amide bonds. The number of rotatable bonds is 5. The second kappa shape index (κ2) is 6.30. The Morgan fingerprint density at radius 1 is 1.47 bits per heavy atom. The first-order valence-corrected chi connectivity index (χ1v) is 5.49. The molecule has 0 bridgehead atoms. The van der Waals surface area contributed by atoms with Gasteiger partial charge in [0.05, 0.1) is 6.04 Å². The highest BCUT2D eigenvalue weighted by Crippen LogP contribution is 2.17. The van der Waals surface area contributed by atoms with E-state index in [0.717, 1.165) is 6.07 Å². The molecule has 5 heteroatoms. The van der Waals surface area contributed by atoms with Crippen LogP contribution in [0.2, 0.25) is 0 Å². The number of benzene rings is 1. The van der Waals surface area contributed by atoms with Crippen LogP contribution in [0.3, 0.4) is 0 Å². The fourth-order valence-electron chi connectivity index (χ4n) is 1.51. The molecule has 0 spiro atoms. The summed E-state index contributed by atoms with van der Waals surface area (Å²) in [6.07, 6.45) is 0.897. The summed E-state index contributed by atoms with van der Waals surface area (Å²) >= 11 is 0. The first-order valence-electron chi connectivity index (χ1n) is 5.49. The number of carbonyl (C=O) groups is 1. The zero-order valence-electron chi connectivity index (χ0n) is 9.67. The average Bonchev–Trinajstić information content (AvgIpc) is 2.26. The molecule has 1 atom stereocenters. The Morgan fingerprint density at radius 3 is 2.76 bits per heavy atom. The monoisotopic (exact) mass is 242 g/mol. The first-order chi connectivity index (χ1) is 8.04. The summed E-state index contributed by atoms with van der Waals surface area (Å²) in [4.78, 5) is 11.4. The van der Waals surface area contributed by atoms with Crippen LogP contribution in [0.25, 0.3) is 0 Å². The zero-order chi connectivity index (χ0) is 12.8. The van der Waals surface area contributed by atoms with Crippen molar-refractivity contribution in [2.24, 2.45) is 5.73 Å². The summed E-state index contributed by atoms with van der Waals surface area (Å²) in [5.41, 5.74) is 5.55. The predicted molar refractivity (Wildman–Crippen MR) is 61.2 cm³/mol. The van der Waals surface area contributed by atoms with Gasteiger partial charge in [-0.05, 0) is 26.0 Å². The highest BCUT2D eigenvalue weighted by atomic mass is 19.1. The third-order valence-corrected chi connectivity index (χ3v) is 2.41. The molecule has 94 valence electrons. The normalized spacial score (nSPS) is 12.2. The van der Waals surface area contributed by atoms with Gasteiger partial charge >= 0.3 is 0 Å². The van der Waals surface area contributed by atoms with E-state index in [1.807, 2.05) is 0 Å². The fraction of sp³-hybridized carbons (Fsp3) is 0.417. The highest BCUT2D eigenvalue weighted by Gasteiger charge is 2.13. The summed E-state index contributed by atoms with van der Waals surface area (Å²) in [5, 5.41) is 2.63. The summed E-state index contributed by atoms with van der Waals surface area (Å²) in [6.45, 7) is 2.09. The summed E-state index contributed by atoms with van der Waals surface area (Å²) in [6, 6.07) is 2.82. The van der Waals surface area contributed by atoms with Gasteiger partial charge in [-0.3, -0.25) is 4.79 Å². The summed E-state index contributed by atoms with van der Waals surface area (Å²) in [5.74, 6) is -1.48. The molecule has 3 N–H and O–H groups in total. The van der Waals surface area contributed by atoms with E-state index < -0.39 is 17.7 Å². The number of hydrogen-bond acceptors (Lipinski definition) is 2. The number of carbonyl (C=O) groups excluding carboxylic acids is 1. The number of hydrogen-bond donors (Lipinski definition) is 2. The molecule has 1 aromatic carbocycles. The van der Waals surface area contributed by atoms with Crippen molar-refractivity contribution in [3.63, 3.8) is 0 Å². The first kappa shape index (κ1) is 13.6. The van der Waals surface area contributed by atoms with Crippen LogP contribution in [0.4, 0.5) is 8.78 Å². The Bertz CT molecular complexity index is 396. The lowest BCUT2D eigenvalue weighted by molar-refractivity contribution is -0.121. The Kier molecular flexibility index (Phi) is 5.03. The quantitative estimate of drug-likeness (QED) is 0.828. The van der Waals surface area contributed by atoms with Crippen molar-refractivity contribution < 1.29 is 13.6 Å². The Balaban J connectivity index is 2.63. The highest BCUT2D eigenvalue weighted by molar-refractivity contribution is 5.76. The maximum atomic E-state index is 13.4. The van der Waals surface area contributed by atoms with Crippen molar-refractivity contribution in [2.75, 3.05) is 6.54 Å². The summed E-state index contributed by atoms with van der Waals surface area (Å²) < 4.78 is 26.1. The van der Waals surface area contributed by atoms with Crippen LogP contribution in [-0.4, -0.2) is 12.5 Å². The van der Waals surface area contributed by atoms with E-state index in [4.69, 9.17) is 5.73 Å². The standard InChI is InChI=1S/C12H16F2N2O/c1-8(16-12(17)3-2-6-15)10-5-4-9(13)7-11(10)14/h4-5,7-8H,2-3,6,15H2,1H3,(H,16,17). The topological polar surface area (TPSA) is 55.1 Å². The van der Waals surface area contributed by atoms with E-state index >= 15 is 0 Å². The van der Waals surface area contributed by atoms with E-state index in [1.165, 1.54) is 12.1 Å². The van der Waals surface area contributed by atoms with Gasteiger partial charge in [-0.15, -0.1) is 0 Å². The Hall–Kier alpha value is -1.49. The van der Waals surface area contributed by atoms with Gasteiger partial charge in [-0.1, -0.05) is 6.07 Å². The van der Waals surface area contributed by atoms with Crippen molar-refractivity contribution >= 4 is 5.91 Å². The minimum absolute atomic E-state index is 0.188. The predicted octanol–water partition coefficient (Wildman–Crippen LogP) is 1.88. The Labute approximate surface area is 99.0 Å². The molecule has 1 rings (SSSR count). The van der Waals surface area contributed by atoms with Crippen molar-refractivity contribution in [3.05, 3.63) is 35.4 Å². The van der Waals surface area contributed by atoms with Crippen molar-refractivity contribution in [3.8, 4) is 0 Å². The Morgan fingerprint density at radius 2 is 2.18 bits per heavy atom. The third-order valence-electron chi connectivity index (χ3n) is 2.41. The van der Waals surface area contributed by atoms with Crippen LogP contribution in [0, 0.1) is 11.6 Å². The van der Waals surface area contributed by atoms with Crippen LogP contribution in [0.1, 0.15) is 31.4 Å². The van der Waals surface area contributed by atoms with E-state index in [-0.39, 0.29) is 11.5 Å². The largest absolute Gasteiger partial charge is 0.349 e. The SMILES string of the molecule is CC(NC(=O)CCCN)c1ccc(F)cc1F. The van der Waals surface area contributed by atoms with Gasteiger partial charge in [0.2, 0.25) is 5.91 Å². The second-order valence-corrected chi connectivity index (χ2v) is 3.85. The number of amides is 1. The lowest BCUT2D eigenvalue weighted by Gasteiger charge is -2.15. The molecule has 0 saturated heterocycles. The fourth-order valence-corrected chi connectivity index (χ4v) is 1.51. The third kappa shape index (κ3) is 4.11. The number of nitrogens with one attached hydrogen (secondary N) is 1. The summed E-state index contributed by atoms with van der Waals surface area (Å²) in [7, 11) is 0. The maximum Gasteiger partial charge on any atom is 0.220 e. The van der Waals surface area contributed by atoms with E-state index in [9.17, 15) is 13.6 Å². The molecule has 3 nitrogen and oxygen atoms in total. The molecule has 17 heavy (non-hydrogen) atoms. The van der Waals surface area contributed by atoms with Crippen LogP contribution in [0.15, 0.2) is 18.2 Å². The van der Waals surface area contributed by atoms with Crippen molar-refractivity contribution in [2.45, 2.75) is 25.8 Å². The van der Waals surface area contributed by atoms with Gasteiger partial charge in [-0.2, -0.15) is 0 Å². The van der Waals surface area contributed by atoms with Crippen LogP contribution >= 0.6 is 0 Å². The lowest BCUT2D eigenvalue weighted by Crippen LogP contribution is -2.27. The minimum atomic E-state index is -0.656. The lowest BCUT2D eigenvalue weighted by atomic mass is 10.1. The van der Waals surface area contributed by atoms with Crippen LogP contribution < -0.4 is 11.1 Å². The molecule has 0 saturated carbocycles. The van der Waals surface area contributed by atoms with Crippen LogP contribution in [-0.2, 0) is 4.79 Å². The van der Waals surface area contributed by atoms with E-state index in [2.05, 4.69) is 5.32 Å². The number of halogens is 2. The average molecular weight is 242 g/mol. The van der Waals surface area contributed by atoms with Gasteiger partial charge in [0.15, 0.2) is 0 Å². The molecule has 0 radical (unpaired) electrons. The van der Waals surface area contributed by atoms with Gasteiger partial charge in [-0.25, -0.2) is 8.78 Å².